The zero-order valence-electron chi connectivity index (χ0n) is 8.37. The summed E-state index contributed by atoms with van der Waals surface area (Å²) in [7, 11) is 0. The van der Waals surface area contributed by atoms with Crippen LogP contribution in [0.25, 0.3) is 0 Å². The molecule has 76 valence electrons. The number of thioether (sulfide) groups is 1. The first kappa shape index (κ1) is 11.9. The molecule has 0 amide bonds. The predicted octanol–water partition coefficient (Wildman–Crippen LogP) is 4.81. The molecule has 1 rings (SSSR count). The molecule has 1 aromatic rings. The number of allylic oxidation sites excluding steroid dienone is 1. The number of rotatable bonds is 5. The average molecular weight is 271 g/mol. The molecule has 0 radical (unpaired) electrons. The molecular weight excluding hydrogens is 256 g/mol. The maximum absolute atomic E-state index is 3.76. The van der Waals surface area contributed by atoms with Crippen molar-refractivity contribution in [1.29, 1.82) is 0 Å². The van der Waals surface area contributed by atoms with Gasteiger partial charge in [-0.05, 0) is 29.9 Å². The minimum absolute atomic E-state index is 0.271. The van der Waals surface area contributed by atoms with Crippen molar-refractivity contribution < 1.29 is 0 Å². The second-order valence-corrected chi connectivity index (χ2v) is 5.21. The lowest BCUT2D eigenvalue weighted by atomic mass is 10.1. The summed E-state index contributed by atoms with van der Waals surface area (Å²) in [6.07, 6.45) is 3.12. The summed E-state index contributed by atoms with van der Waals surface area (Å²) in [5, 5.41) is 0. The minimum atomic E-state index is 0.271. The molecular formula is C12H15BrS. The van der Waals surface area contributed by atoms with Crippen LogP contribution in [0.3, 0.4) is 0 Å². The highest BCUT2D eigenvalue weighted by Crippen LogP contribution is 2.26. The summed E-state index contributed by atoms with van der Waals surface area (Å²) in [5.41, 5.74) is 1.26. The molecule has 0 aliphatic heterocycles. The molecule has 0 spiro atoms. The number of hydrogen-bond donors (Lipinski definition) is 0. The van der Waals surface area contributed by atoms with E-state index in [0.717, 1.165) is 0 Å². The second kappa shape index (κ2) is 6.31. The maximum atomic E-state index is 3.76. The van der Waals surface area contributed by atoms with Crippen molar-refractivity contribution in [1.82, 2.24) is 0 Å². The van der Waals surface area contributed by atoms with Gasteiger partial charge in [-0.3, -0.25) is 0 Å². The summed E-state index contributed by atoms with van der Waals surface area (Å²) in [5.74, 6) is 1.19. The molecule has 0 aromatic heterocycles. The third-order valence-corrected chi connectivity index (χ3v) is 4.00. The van der Waals surface area contributed by atoms with E-state index in [-0.39, 0.29) is 4.83 Å². The molecule has 1 aromatic carbocycles. The van der Waals surface area contributed by atoms with Crippen LogP contribution in [0.2, 0.25) is 0 Å². The van der Waals surface area contributed by atoms with Crippen molar-refractivity contribution in [2.45, 2.75) is 23.1 Å². The molecule has 0 aliphatic carbocycles. The van der Waals surface area contributed by atoms with Crippen LogP contribution >= 0.6 is 27.7 Å². The average Bonchev–Trinajstić information content (AvgIpc) is 2.26. The van der Waals surface area contributed by atoms with Crippen LogP contribution in [-0.4, -0.2) is 5.75 Å². The monoisotopic (exact) mass is 270 g/mol. The second-order valence-electron chi connectivity index (χ2n) is 3.05. The van der Waals surface area contributed by atoms with Gasteiger partial charge in [0.1, 0.15) is 0 Å². The Morgan fingerprint density at radius 2 is 2.07 bits per heavy atom. The summed E-state index contributed by atoms with van der Waals surface area (Å²) in [4.78, 5) is 1.62. The Bertz CT molecular complexity index is 279. The zero-order chi connectivity index (χ0) is 10.4. The van der Waals surface area contributed by atoms with E-state index in [9.17, 15) is 0 Å². The van der Waals surface area contributed by atoms with E-state index in [1.165, 1.54) is 22.6 Å². The molecule has 0 saturated carbocycles. The van der Waals surface area contributed by atoms with E-state index in [2.05, 4.69) is 53.7 Å². The summed E-state index contributed by atoms with van der Waals surface area (Å²) in [6, 6.07) is 8.65. The van der Waals surface area contributed by atoms with Crippen molar-refractivity contribution in [3.63, 3.8) is 0 Å². The lowest BCUT2D eigenvalue weighted by Crippen LogP contribution is -1.84. The first-order valence-corrected chi connectivity index (χ1v) is 6.67. The summed E-state index contributed by atoms with van der Waals surface area (Å²) < 4.78 is 0. The summed E-state index contributed by atoms with van der Waals surface area (Å²) >= 11 is 5.44. The van der Waals surface area contributed by atoms with Crippen LogP contribution in [0.5, 0.6) is 0 Å². The van der Waals surface area contributed by atoms with E-state index in [4.69, 9.17) is 0 Å². The Balaban J connectivity index is 2.63. The van der Waals surface area contributed by atoms with Crippen molar-refractivity contribution >= 4 is 27.7 Å². The van der Waals surface area contributed by atoms with Gasteiger partial charge >= 0.3 is 0 Å². The highest BCUT2D eigenvalue weighted by Gasteiger charge is 2.01. The number of alkyl halides is 1. The minimum Gasteiger partial charge on any atom is -0.126 e. The van der Waals surface area contributed by atoms with Crippen LogP contribution < -0.4 is 0 Å². The van der Waals surface area contributed by atoms with Gasteiger partial charge < -0.3 is 0 Å². The SMILES string of the molecule is C=CC(Br)c1ccc(SCCC)cc1. The van der Waals surface area contributed by atoms with Crippen molar-refractivity contribution in [2.75, 3.05) is 5.75 Å². The number of hydrogen-bond acceptors (Lipinski definition) is 1. The van der Waals surface area contributed by atoms with E-state index >= 15 is 0 Å². The molecule has 0 aliphatic rings. The van der Waals surface area contributed by atoms with Crippen LogP contribution in [0.15, 0.2) is 41.8 Å². The molecule has 14 heavy (non-hydrogen) atoms. The van der Waals surface area contributed by atoms with Gasteiger partial charge in [0, 0.05) is 4.90 Å². The molecule has 0 heterocycles. The molecule has 0 saturated heterocycles. The fourth-order valence-corrected chi connectivity index (χ4v) is 2.18. The first-order chi connectivity index (χ1) is 6.77. The van der Waals surface area contributed by atoms with Crippen molar-refractivity contribution in [3.05, 3.63) is 42.5 Å². The van der Waals surface area contributed by atoms with Crippen molar-refractivity contribution in [3.8, 4) is 0 Å². The standard InChI is InChI=1S/C12H15BrS/c1-3-9-14-11-7-5-10(6-8-11)12(13)4-2/h4-8,12H,2-3,9H2,1H3. The molecule has 0 nitrogen and oxygen atoms in total. The van der Waals surface area contributed by atoms with Gasteiger partial charge in [0.05, 0.1) is 4.83 Å². The smallest absolute Gasteiger partial charge is 0.0572 e. The van der Waals surface area contributed by atoms with Crippen LogP contribution in [0.1, 0.15) is 23.7 Å². The highest BCUT2D eigenvalue weighted by atomic mass is 79.9. The Hall–Kier alpha value is -0.210. The Morgan fingerprint density at radius 3 is 2.57 bits per heavy atom. The normalized spacial score (nSPS) is 12.4. The molecule has 1 unspecified atom stereocenters. The van der Waals surface area contributed by atoms with Crippen LogP contribution in [-0.2, 0) is 0 Å². The Kier molecular flexibility index (Phi) is 5.34. The van der Waals surface area contributed by atoms with Crippen LogP contribution in [0.4, 0.5) is 0 Å². The van der Waals surface area contributed by atoms with Crippen molar-refractivity contribution in [2.24, 2.45) is 0 Å². The zero-order valence-corrected chi connectivity index (χ0v) is 10.8. The topological polar surface area (TPSA) is 0 Å². The maximum Gasteiger partial charge on any atom is 0.0572 e. The summed E-state index contributed by atoms with van der Waals surface area (Å²) in [6.45, 7) is 5.96. The third-order valence-electron chi connectivity index (χ3n) is 1.88. The fourth-order valence-electron chi connectivity index (χ4n) is 1.10. The quantitative estimate of drug-likeness (QED) is 0.420. The van der Waals surface area contributed by atoms with E-state index in [1.54, 1.807) is 0 Å². The first-order valence-electron chi connectivity index (χ1n) is 4.77. The molecule has 0 bridgehead atoms. The van der Waals surface area contributed by atoms with Gasteiger partial charge in [-0.1, -0.05) is 41.1 Å². The molecule has 1 atom stereocenters. The van der Waals surface area contributed by atoms with Gasteiger partial charge in [0.15, 0.2) is 0 Å². The molecule has 0 N–H and O–H groups in total. The molecule has 0 fully saturated rings. The predicted molar refractivity (Wildman–Crippen MR) is 69.3 cm³/mol. The molecule has 2 heteroatoms. The Morgan fingerprint density at radius 1 is 1.43 bits per heavy atom. The largest absolute Gasteiger partial charge is 0.126 e. The third kappa shape index (κ3) is 3.50. The van der Waals surface area contributed by atoms with Gasteiger partial charge in [0.2, 0.25) is 0 Å². The van der Waals surface area contributed by atoms with E-state index in [0.29, 0.717) is 0 Å². The number of halogens is 1. The van der Waals surface area contributed by atoms with E-state index in [1.807, 2.05) is 17.8 Å². The van der Waals surface area contributed by atoms with Gasteiger partial charge in [0.25, 0.3) is 0 Å². The lowest BCUT2D eigenvalue weighted by molar-refractivity contribution is 1.10. The Labute approximate surface area is 98.9 Å². The lowest BCUT2D eigenvalue weighted by Gasteiger charge is -2.05. The van der Waals surface area contributed by atoms with E-state index < -0.39 is 0 Å². The van der Waals surface area contributed by atoms with Gasteiger partial charge in [-0.2, -0.15) is 0 Å². The fraction of sp³-hybridized carbons (Fsp3) is 0.333. The van der Waals surface area contributed by atoms with Gasteiger partial charge in [-0.25, -0.2) is 0 Å². The number of benzene rings is 1. The van der Waals surface area contributed by atoms with Crippen LogP contribution in [0, 0.1) is 0 Å². The van der Waals surface area contributed by atoms with Gasteiger partial charge in [-0.15, -0.1) is 18.3 Å². The highest BCUT2D eigenvalue weighted by molar-refractivity contribution is 9.09.